The van der Waals surface area contributed by atoms with Crippen LogP contribution in [0.1, 0.15) is 88.7 Å². The summed E-state index contributed by atoms with van der Waals surface area (Å²) in [6.45, 7) is 6.01. The summed E-state index contributed by atoms with van der Waals surface area (Å²) in [6.07, 6.45) is 16.4. The average molecular weight is 329 g/mol. The zero-order valence-electron chi connectivity index (χ0n) is 15.8. The molecule has 1 aliphatic carbocycles. The van der Waals surface area contributed by atoms with Crippen molar-refractivity contribution in [2.45, 2.75) is 84.2 Å². The molecule has 1 heteroatoms. The third kappa shape index (κ3) is 6.81. The summed E-state index contributed by atoms with van der Waals surface area (Å²) in [7, 11) is 0. The number of ether oxygens (including phenoxy) is 1. The van der Waals surface area contributed by atoms with Crippen LogP contribution in [0.15, 0.2) is 36.4 Å². The van der Waals surface area contributed by atoms with E-state index in [4.69, 9.17) is 4.74 Å². The topological polar surface area (TPSA) is 9.23 Å². The molecule has 1 nitrogen and oxygen atoms in total. The Balaban J connectivity index is 1.70. The molecule has 0 spiro atoms. The molecule has 134 valence electrons. The van der Waals surface area contributed by atoms with Gasteiger partial charge in [0.05, 0.1) is 6.61 Å². The predicted octanol–water partition coefficient (Wildman–Crippen LogP) is 7.02. The predicted molar refractivity (Wildman–Crippen MR) is 104 cm³/mol. The monoisotopic (exact) mass is 328 g/mol. The lowest BCUT2D eigenvalue weighted by Gasteiger charge is -2.28. The van der Waals surface area contributed by atoms with Crippen LogP contribution in [0, 0.1) is 5.92 Å². The first-order chi connectivity index (χ1) is 11.8. The molecule has 1 saturated carbocycles. The second-order valence-corrected chi connectivity index (χ2v) is 7.37. The van der Waals surface area contributed by atoms with Crippen molar-refractivity contribution in [3.8, 4) is 0 Å². The van der Waals surface area contributed by atoms with Crippen molar-refractivity contribution in [2.24, 2.45) is 5.92 Å². The van der Waals surface area contributed by atoms with Crippen LogP contribution in [0.4, 0.5) is 0 Å². The summed E-state index contributed by atoms with van der Waals surface area (Å²) in [5, 5.41) is 0. The molecule has 0 bridgehead atoms. The quantitative estimate of drug-likeness (QED) is 0.331. The summed E-state index contributed by atoms with van der Waals surface area (Å²) in [4.78, 5) is 0. The Bertz CT molecular complexity index is 451. The molecule has 2 rings (SSSR count). The summed E-state index contributed by atoms with van der Waals surface area (Å²) in [5.74, 6) is 1.73. The zero-order valence-corrected chi connectivity index (χ0v) is 15.8. The highest BCUT2D eigenvalue weighted by atomic mass is 16.5. The van der Waals surface area contributed by atoms with E-state index < -0.39 is 0 Å². The molecule has 0 amide bonds. The molecule has 0 unspecified atom stereocenters. The van der Waals surface area contributed by atoms with Crippen molar-refractivity contribution in [2.75, 3.05) is 6.61 Å². The lowest BCUT2D eigenvalue weighted by atomic mass is 9.77. The van der Waals surface area contributed by atoms with Gasteiger partial charge in [0.15, 0.2) is 0 Å². The fourth-order valence-corrected chi connectivity index (χ4v) is 3.81. The summed E-state index contributed by atoms with van der Waals surface area (Å²) >= 11 is 0. The van der Waals surface area contributed by atoms with Gasteiger partial charge in [-0.25, -0.2) is 0 Å². The van der Waals surface area contributed by atoms with Gasteiger partial charge in [0.25, 0.3) is 0 Å². The maximum absolute atomic E-state index is 5.76. The van der Waals surface area contributed by atoms with Gasteiger partial charge < -0.3 is 4.74 Å². The van der Waals surface area contributed by atoms with Crippen LogP contribution < -0.4 is 0 Å². The van der Waals surface area contributed by atoms with Crippen LogP contribution in [0.2, 0.25) is 0 Å². The first-order valence-corrected chi connectivity index (χ1v) is 10.1. The molecule has 24 heavy (non-hydrogen) atoms. The molecular formula is C23H36O. The standard InChI is InChI=1S/C23H36O/c1-3-5-7-9-20-10-14-22(15-11-20)23-16-12-21(13-17-23)19-24-18-8-6-4-2/h3,5,12-13,16-17,20,22H,4,6-11,14-15,18-19H2,1-2H3. The number of unbranched alkanes of at least 4 members (excludes halogenated alkanes) is 2. The maximum atomic E-state index is 5.76. The van der Waals surface area contributed by atoms with Gasteiger partial charge in [0.2, 0.25) is 0 Å². The van der Waals surface area contributed by atoms with E-state index in [0.717, 1.165) is 25.0 Å². The zero-order chi connectivity index (χ0) is 17.0. The van der Waals surface area contributed by atoms with Crippen LogP contribution in [0.5, 0.6) is 0 Å². The van der Waals surface area contributed by atoms with Gasteiger partial charge in [0, 0.05) is 6.61 Å². The normalized spacial score (nSPS) is 21.4. The SMILES string of the molecule is CC=CCCC1CCC(c2ccc(COCCCCC)cc2)CC1. The molecule has 1 fully saturated rings. The lowest BCUT2D eigenvalue weighted by Crippen LogP contribution is -2.13. The third-order valence-corrected chi connectivity index (χ3v) is 5.44. The fraction of sp³-hybridized carbons (Fsp3) is 0.652. The molecule has 1 aromatic rings. The Kier molecular flexibility index (Phi) is 9.20. The Morgan fingerprint density at radius 2 is 1.79 bits per heavy atom. The van der Waals surface area contributed by atoms with Gasteiger partial charge in [-0.2, -0.15) is 0 Å². The van der Waals surface area contributed by atoms with Crippen molar-refractivity contribution >= 4 is 0 Å². The minimum atomic E-state index is 0.766. The summed E-state index contributed by atoms with van der Waals surface area (Å²) < 4.78 is 5.76. The molecule has 0 aliphatic heterocycles. The van der Waals surface area contributed by atoms with Crippen molar-refractivity contribution in [3.63, 3.8) is 0 Å². The molecule has 0 N–H and O–H groups in total. The Morgan fingerprint density at radius 1 is 1.04 bits per heavy atom. The minimum Gasteiger partial charge on any atom is -0.377 e. The first kappa shape index (κ1) is 19.2. The van der Waals surface area contributed by atoms with E-state index in [1.54, 1.807) is 0 Å². The largest absolute Gasteiger partial charge is 0.377 e. The maximum Gasteiger partial charge on any atom is 0.0716 e. The second kappa shape index (κ2) is 11.5. The Morgan fingerprint density at radius 3 is 2.46 bits per heavy atom. The van der Waals surface area contributed by atoms with Gasteiger partial charge in [-0.15, -0.1) is 0 Å². The number of hydrogen-bond acceptors (Lipinski definition) is 1. The number of rotatable bonds is 10. The van der Waals surface area contributed by atoms with E-state index in [0.29, 0.717) is 0 Å². The van der Waals surface area contributed by atoms with Gasteiger partial charge in [0.1, 0.15) is 0 Å². The molecule has 0 aromatic heterocycles. The van der Waals surface area contributed by atoms with Crippen molar-refractivity contribution in [3.05, 3.63) is 47.5 Å². The highest BCUT2D eigenvalue weighted by molar-refractivity contribution is 5.25. The molecular weight excluding hydrogens is 292 g/mol. The van der Waals surface area contributed by atoms with Gasteiger partial charge >= 0.3 is 0 Å². The highest BCUT2D eigenvalue weighted by Gasteiger charge is 2.21. The van der Waals surface area contributed by atoms with E-state index in [1.165, 1.54) is 68.9 Å². The molecule has 0 radical (unpaired) electrons. The Hall–Kier alpha value is -1.08. The molecule has 1 aromatic carbocycles. The van der Waals surface area contributed by atoms with Crippen molar-refractivity contribution in [1.82, 2.24) is 0 Å². The third-order valence-electron chi connectivity index (χ3n) is 5.44. The number of hydrogen-bond donors (Lipinski definition) is 0. The Labute approximate surface area is 149 Å². The molecule has 0 atom stereocenters. The van der Waals surface area contributed by atoms with Gasteiger partial charge in [-0.05, 0) is 74.8 Å². The lowest BCUT2D eigenvalue weighted by molar-refractivity contribution is 0.117. The van der Waals surface area contributed by atoms with Crippen LogP contribution in [-0.4, -0.2) is 6.61 Å². The van der Waals surface area contributed by atoms with Crippen LogP contribution >= 0.6 is 0 Å². The molecule has 1 aliphatic rings. The van der Waals surface area contributed by atoms with Gasteiger partial charge in [-0.1, -0.05) is 56.2 Å². The van der Waals surface area contributed by atoms with E-state index in [-0.39, 0.29) is 0 Å². The van der Waals surface area contributed by atoms with Crippen LogP contribution in [0.3, 0.4) is 0 Å². The van der Waals surface area contributed by atoms with Crippen molar-refractivity contribution < 1.29 is 4.74 Å². The number of benzene rings is 1. The summed E-state index contributed by atoms with van der Waals surface area (Å²) in [5.41, 5.74) is 2.85. The smallest absolute Gasteiger partial charge is 0.0716 e. The highest BCUT2D eigenvalue weighted by Crippen LogP contribution is 2.37. The van der Waals surface area contributed by atoms with Gasteiger partial charge in [-0.3, -0.25) is 0 Å². The number of allylic oxidation sites excluding steroid dienone is 2. The van der Waals surface area contributed by atoms with Crippen LogP contribution in [-0.2, 0) is 11.3 Å². The van der Waals surface area contributed by atoms with E-state index in [9.17, 15) is 0 Å². The van der Waals surface area contributed by atoms with Crippen molar-refractivity contribution in [1.29, 1.82) is 0 Å². The van der Waals surface area contributed by atoms with Crippen LogP contribution in [0.25, 0.3) is 0 Å². The van der Waals surface area contributed by atoms with E-state index in [1.807, 2.05) is 0 Å². The summed E-state index contributed by atoms with van der Waals surface area (Å²) in [6, 6.07) is 9.23. The van der Waals surface area contributed by atoms with E-state index in [2.05, 4.69) is 50.3 Å². The van der Waals surface area contributed by atoms with E-state index >= 15 is 0 Å². The first-order valence-electron chi connectivity index (χ1n) is 10.1. The minimum absolute atomic E-state index is 0.766. The molecule has 0 saturated heterocycles. The average Bonchev–Trinajstić information content (AvgIpc) is 2.63. The fourth-order valence-electron chi connectivity index (χ4n) is 3.81. The second-order valence-electron chi connectivity index (χ2n) is 7.37. The molecule has 0 heterocycles.